The van der Waals surface area contributed by atoms with Crippen molar-refractivity contribution >= 4 is 0 Å². The molecule has 0 spiro atoms. The predicted molar refractivity (Wildman–Crippen MR) is 62.3 cm³/mol. The summed E-state index contributed by atoms with van der Waals surface area (Å²) in [4.78, 5) is 1.63. The van der Waals surface area contributed by atoms with Crippen LogP contribution in [-0.4, -0.2) is 46.1 Å². The highest BCUT2D eigenvalue weighted by Crippen LogP contribution is 2.23. The topological polar surface area (TPSA) is 69.7 Å². The third-order valence-electron chi connectivity index (χ3n) is 2.47. The molecular formula is C11H22N2O2. The van der Waals surface area contributed by atoms with Gasteiger partial charge >= 0.3 is 0 Å². The Balaban J connectivity index is 5.00. The zero-order valence-corrected chi connectivity index (χ0v) is 9.61. The fourth-order valence-corrected chi connectivity index (χ4v) is 1.40. The van der Waals surface area contributed by atoms with Crippen LogP contribution in [-0.2, 0) is 0 Å². The van der Waals surface area contributed by atoms with Gasteiger partial charge in [0.2, 0.25) is 0 Å². The average Bonchev–Trinajstić information content (AvgIpc) is 2.14. The fraction of sp³-hybridized carbons (Fsp3) is 0.636. The van der Waals surface area contributed by atoms with Gasteiger partial charge in [-0.2, -0.15) is 0 Å². The van der Waals surface area contributed by atoms with Crippen molar-refractivity contribution in [3.63, 3.8) is 0 Å². The van der Waals surface area contributed by atoms with Gasteiger partial charge < -0.3 is 15.9 Å². The van der Waals surface area contributed by atoms with E-state index in [2.05, 4.69) is 13.2 Å². The summed E-state index contributed by atoms with van der Waals surface area (Å²) in [6.07, 6.45) is 3.30. The quantitative estimate of drug-likeness (QED) is 0.414. The minimum atomic E-state index is -1.48. The van der Waals surface area contributed by atoms with E-state index < -0.39 is 17.9 Å². The minimum absolute atomic E-state index is 0.432. The Labute approximate surface area is 91.7 Å². The number of aliphatic hydroxyl groups is 2. The number of aliphatic hydroxyl groups excluding tert-OH is 1. The van der Waals surface area contributed by atoms with E-state index in [1.165, 1.54) is 0 Å². The molecule has 0 bridgehead atoms. The maximum absolute atomic E-state index is 10.3. The number of nitrogens with zero attached hydrogens (tertiary/aromatic N) is 1. The van der Waals surface area contributed by atoms with Crippen LogP contribution in [0.1, 0.15) is 13.8 Å². The first-order chi connectivity index (χ1) is 6.83. The summed E-state index contributed by atoms with van der Waals surface area (Å²) in [6.45, 7) is 11.0. The average molecular weight is 214 g/mol. The van der Waals surface area contributed by atoms with Gasteiger partial charge in [0, 0.05) is 13.1 Å². The smallest absolute Gasteiger partial charge is 0.159 e. The van der Waals surface area contributed by atoms with Gasteiger partial charge in [-0.1, -0.05) is 12.2 Å². The minimum Gasteiger partial charge on any atom is -0.392 e. The first-order valence-electron chi connectivity index (χ1n) is 4.92. The SMILES string of the molecule is C=CCN(CC=C)C(O)(CO)C(C)(C)N. The van der Waals surface area contributed by atoms with Crippen molar-refractivity contribution in [1.29, 1.82) is 0 Å². The highest BCUT2D eigenvalue weighted by molar-refractivity contribution is 5.00. The summed E-state index contributed by atoms with van der Waals surface area (Å²) < 4.78 is 0. The third kappa shape index (κ3) is 3.14. The molecule has 0 saturated carbocycles. The molecule has 0 aromatic carbocycles. The lowest BCUT2D eigenvalue weighted by Gasteiger charge is -2.46. The van der Waals surface area contributed by atoms with E-state index in [0.717, 1.165) is 0 Å². The van der Waals surface area contributed by atoms with Crippen molar-refractivity contribution in [2.45, 2.75) is 25.1 Å². The molecular weight excluding hydrogens is 192 g/mol. The number of nitrogens with two attached hydrogens (primary N) is 1. The Bertz CT molecular complexity index is 213. The Morgan fingerprint density at radius 1 is 1.27 bits per heavy atom. The van der Waals surface area contributed by atoms with Crippen molar-refractivity contribution in [2.24, 2.45) is 5.73 Å². The first kappa shape index (κ1) is 14.3. The van der Waals surface area contributed by atoms with E-state index in [0.29, 0.717) is 13.1 Å². The second kappa shape index (κ2) is 5.42. The van der Waals surface area contributed by atoms with E-state index in [9.17, 15) is 10.2 Å². The summed E-state index contributed by atoms with van der Waals surface area (Å²) in [5, 5.41) is 19.6. The van der Waals surface area contributed by atoms with Crippen LogP contribution in [0.3, 0.4) is 0 Å². The summed E-state index contributed by atoms with van der Waals surface area (Å²) in [5.74, 6) is 0. The van der Waals surface area contributed by atoms with E-state index in [1.54, 1.807) is 30.9 Å². The molecule has 1 atom stereocenters. The third-order valence-corrected chi connectivity index (χ3v) is 2.47. The van der Waals surface area contributed by atoms with Gasteiger partial charge in [0.15, 0.2) is 5.72 Å². The Morgan fingerprint density at radius 3 is 1.87 bits per heavy atom. The summed E-state index contributed by atoms with van der Waals surface area (Å²) >= 11 is 0. The van der Waals surface area contributed by atoms with E-state index in [1.807, 2.05) is 0 Å². The summed E-state index contributed by atoms with van der Waals surface area (Å²) in [6, 6.07) is 0. The van der Waals surface area contributed by atoms with Gasteiger partial charge in [-0.3, -0.25) is 4.90 Å². The van der Waals surface area contributed by atoms with Crippen molar-refractivity contribution in [3.05, 3.63) is 25.3 Å². The number of rotatable bonds is 7. The largest absolute Gasteiger partial charge is 0.392 e. The maximum atomic E-state index is 10.3. The van der Waals surface area contributed by atoms with Crippen LogP contribution in [0.4, 0.5) is 0 Å². The van der Waals surface area contributed by atoms with Gasteiger partial charge in [0.1, 0.15) is 0 Å². The van der Waals surface area contributed by atoms with Gasteiger partial charge in [-0.05, 0) is 13.8 Å². The molecule has 0 aromatic rings. The van der Waals surface area contributed by atoms with Gasteiger partial charge in [-0.25, -0.2) is 0 Å². The zero-order chi connectivity index (χ0) is 12.1. The van der Waals surface area contributed by atoms with E-state index in [4.69, 9.17) is 5.73 Å². The molecule has 0 heterocycles. The van der Waals surface area contributed by atoms with Gasteiger partial charge in [0.25, 0.3) is 0 Å². The molecule has 1 unspecified atom stereocenters. The second-order valence-corrected chi connectivity index (χ2v) is 4.18. The van der Waals surface area contributed by atoms with Crippen LogP contribution in [0.15, 0.2) is 25.3 Å². The zero-order valence-electron chi connectivity index (χ0n) is 9.61. The van der Waals surface area contributed by atoms with Crippen LogP contribution >= 0.6 is 0 Å². The van der Waals surface area contributed by atoms with Crippen LogP contribution in [0.25, 0.3) is 0 Å². The van der Waals surface area contributed by atoms with E-state index in [-0.39, 0.29) is 0 Å². The second-order valence-electron chi connectivity index (χ2n) is 4.18. The molecule has 88 valence electrons. The maximum Gasteiger partial charge on any atom is 0.159 e. The Morgan fingerprint density at radius 2 is 1.67 bits per heavy atom. The highest BCUT2D eigenvalue weighted by Gasteiger charge is 2.44. The summed E-state index contributed by atoms with van der Waals surface area (Å²) in [7, 11) is 0. The van der Waals surface area contributed by atoms with Crippen LogP contribution < -0.4 is 5.73 Å². The fourth-order valence-electron chi connectivity index (χ4n) is 1.40. The van der Waals surface area contributed by atoms with Crippen molar-refractivity contribution in [3.8, 4) is 0 Å². The lowest BCUT2D eigenvalue weighted by Crippen LogP contribution is -2.68. The number of hydrogen-bond donors (Lipinski definition) is 3. The van der Waals surface area contributed by atoms with Crippen molar-refractivity contribution < 1.29 is 10.2 Å². The van der Waals surface area contributed by atoms with E-state index >= 15 is 0 Å². The Kier molecular flexibility index (Phi) is 5.17. The molecule has 0 radical (unpaired) electrons. The van der Waals surface area contributed by atoms with Gasteiger partial charge in [-0.15, -0.1) is 13.2 Å². The molecule has 0 aliphatic rings. The van der Waals surface area contributed by atoms with Crippen molar-refractivity contribution in [1.82, 2.24) is 4.90 Å². The standard InChI is InChI=1S/C11H22N2O2/c1-5-7-13(8-6-2)11(15,9-14)10(3,4)12/h5-6,14-15H,1-2,7-9,12H2,3-4H3. The molecule has 0 aliphatic carbocycles. The normalized spacial score (nSPS) is 16.1. The molecule has 15 heavy (non-hydrogen) atoms. The molecule has 4 N–H and O–H groups in total. The molecule has 4 nitrogen and oxygen atoms in total. The molecule has 0 rings (SSSR count). The van der Waals surface area contributed by atoms with Crippen molar-refractivity contribution in [2.75, 3.05) is 19.7 Å². The lowest BCUT2D eigenvalue weighted by molar-refractivity contribution is -0.169. The molecule has 0 fully saturated rings. The molecule has 0 saturated heterocycles. The summed E-state index contributed by atoms with van der Waals surface area (Å²) in [5.41, 5.74) is 3.45. The van der Waals surface area contributed by atoms with Crippen LogP contribution in [0.2, 0.25) is 0 Å². The first-order valence-corrected chi connectivity index (χ1v) is 4.92. The highest BCUT2D eigenvalue weighted by atomic mass is 16.4. The lowest BCUT2D eigenvalue weighted by atomic mass is 9.90. The van der Waals surface area contributed by atoms with Crippen LogP contribution in [0.5, 0.6) is 0 Å². The molecule has 0 aliphatic heterocycles. The molecule has 4 heteroatoms. The van der Waals surface area contributed by atoms with Crippen LogP contribution in [0, 0.1) is 0 Å². The molecule has 0 aromatic heterocycles. The Hall–Kier alpha value is -0.680. The van der Waals surface area contributed by atoms with Gasteiger partial charge in [0.05, 0.1) is 12.1 Å². The number of hydrogen-bond acceptors (Lipinski definition) is 4. The predicted octanol–water partition coefficient (Wildman–Crippen LogP) is 0.0786. The molecule has 0 amide bonds. The monoisotopic (exact) mass is 214 g/mol.